The van der Waals surface area contributed by atoms with Crippen LogP contribution in [0.5, 0.6) is 0 Å². The van der Waals surface area contributed by atoms with Gasteiger partial charge in [-0.15, -0.1) is 0 Å². The molecule has 0 saturated carbocycles. The lowest BCUT2D eigenvalue weighted by Gasteiger charge is -2.26. The van der Waals surface area contributed by atoms with Gasteiger partial charge in [-0.1, -0.05) is 26.1 Å². The molecule has 18 heavy (non-hydrogen) atoms. The van der Waals surface area contributed by atoms with Gasteiger partial charge >= 0.3 is 0 Å². The number of nitrogens with two attached hydrogens (primary N) is 1. The number of nitrogens with zero attached hydrogens (tertiary/aromatic N) is 2. The second kappa shape index (κ2) is 10.2. The maximum absolute atomic E-state index is 11.8. The zero-order chi connectivity index (χ0) is 14.0. The molecule has 0 aromatic carbocycles. The molecule has 0 fully saturated rings. The fourth-order valence-corrected chi connectivity index (χ4v) is 1.71. The van der Waals surface area contributed by atoms with E-state index in [0.29, 0.717) is 24.5 Å². The third kappa shape index (κ3) is 7.58. The first-order chi connectivity index (χ1) is 8.54. The molecule has 0 rings (SSSR count). The highest BCUT2D eigenvalue weighted by atomic mass is 32.1. The van der Waals surface area contributed by atoms with Gasteiger partial charge in [0.25, 0.3) is 0 Å². The quantitative estimate of drug-likeness (QED) is 0.588. The molecule has 0 atom stereocenters. The van der Waals surface area contributed by atoms with E-state index in [0.717, 1.165) is 19.6 Å². The fourth-order valence-electron chi connectivity index (χ4n) is 1.62. The SMILES string of the molecule is CCN(CC)CCN(CCC(N)=S)C(=O)COC. The van der Waals surface area contributed by atoms with Crippen molar-refractivity contribution in [3.8, 4) is 0 Å². The molecule has 0 saturated heterocycles. The fraction of sp³-hybridized carbons (Fsp3) is 0.833. The standard InChI is InChI=1S/C12H25N3O2S/c1-4-14(5-2)8-9-15(7-6-11(13)18)12(16)10-17-3/h4-10H2,1-3H3,(H2,13,18). The molecule has 0 aliphatic heterocycles. The molecule has 0 bridgehead atoms. The molecule has 0 radical (unpaired) electrons. The topological polar surface area (TPSA) is 58.8 Å². The van der Waals surface area contributed by atoms with Gasteiger partial charge in [-0.05, 0) is 13.1 Å². The number of methoxy groups -OCH3 is 1. The predicted molar refractivity (Wildman–Crippen MR) is 77.6 cm³/mol. The summed E-state index contributed by atoms with van der Waals surface area (Å²) in [6.07, 6.45) is 0.559. The first-order valence-electron chi connectivity index (χ1n) is 6.32. The van der Waals surface area contributed by atoms with E-state index in [9.17, 15) is 4.79 Å². The molecular formula is C12H25N3O2S. The molecule has 0 aromatic heterocycles. The van der Waals surface area contributed by atoms with Crippen LogP contribution in [0.3, 0.4) is 0 Å². The lowest BCUT2D eigenvalue weighted by atomic mass is 10.3. The van der Waals surface area contributed by atoms with Gasteiger partial charge in [-0.3, -0.25) is 4.79 Å². The molecule has 0 spiro atoms. The minimum atomic E-state index is -0.0130. The molecule has 0 heterocycles. The normalized spacial score (nSPS) is 10.7. The number of hydrogen-bond donors (Lipinski definition) is 1. The van der Waals surface area contributed by atoms with Crippen LogP contribution in [0.2, 0.25) is 0 Å². The monoisotopic (exact) mass is 275 g/mol. The van der Waals surface area contributed by atoms with Crippen LogP contribution in [0, 0.1) is 0 Å². The Morgan fingerprint density at radius 2 is 1.83 bits per heavy atom. The maximum atomic E-state index is 11.8. The zero-order valence-electron chi connectivity index (χ0n) is 11.6. The molecule has 5 nitrogen and oxygen atoms in total. The van der Waals surface area contributed by atoms with E-state index >= 15 is 0 Å². The second-order valence-corrected chi connectivity index (χ2v) is 4.58. The van der Waals surface area contributed by atoms with Crippen LogP contribution in [0.4, 0.5) is 0 Å². The second-order valence-electron chi connectivity index (χ2n) is 4.06. The Bertz CT molecular complexity index is 258. The Kier molecular flexibility index (Phi) is 9.82. The van der Waals surface area contributed by atoms with E-state index in [2.05, 4.69) is 18.7 Å². The number of hydrogen-bond acceptors (Lipinski definition) is 4. The van der Waals surface area contributed by atoms with Crippen molar-refractivity contribution >= 4 is 23.1 Å². The number of amides is 1. The van der Waals surface area contributed by atoms with E-state index < -0.39 is 0 Å². The number of ether oxygens (including phenoxy) is 1. The zero-order valence-corrected chi connectivity index (χ0v) is 12.5. The third-order valence-corrected chi connectivity index (χ3v) is 3.03. The van der Waals surface area contributed by atoms with Crippen LogP contribution in [0.1, 0.15) is 20.3 Å². The first kappa shape index (κ1) is 17.3. The van der Waals surface area contributed by atoms with Crippen LogP contribution >= 0.6 is 12.2 Å². The molecule has 1 amide bonds. The van der Waals surface area contributed by atoms with E-state index in [4.69, 9.17) is 22.7 Å². The smallest absolute Gasteiger partial charge is 0.248 e. The van der Waals surface area contributed by atoms with Crippen LogP contribution in [0.15, 0.2) is 0 Å². The van der Waals surface area contributed by atoms with Crippen molar-refractivity contribution in [3.63, 3.8) is 0 Å². The van der Waals surface area contributed by atoms with Crippen molar-refractivity contribution in [2.45, 2.75) is 20.3 Å². The number of thiocarbonyl (C=S) groups is 1. The third-order valence-electron chi connectivity index (χ3n) is 2.83. The largest absolute Gasteiger partial charge is 0.393 e. The maximum Gasteiger partial charge on any atom is 0.248 e. The minimum absolute atomic E-state index is 0.0130. The van der Waals surface area contributed by atoms with Crippen LogP contribution in [0.25, 0.3) is 0 Å². The Hall–Kier alpha value is -0.720. The molecule has 0 unspecified atom stereocenters. The van der Waals surface area contributed by atoms with Gasteiger partial charge < -0.3 is 20.3 Å². The molecule has 6 heteroatoms. The van der Waals surface area contributed by atoms with Gasteiger partial charge in [0.15, 0.2) is 0 Å². The van der Waals surface area contributed by atoms with E-state index in [-0.39, 0.29) is 12.5 Å². The van der Waals surface area contributed by atoms with Gasteiger partial charge in [0, 0.05) is 33.2 Å². The molecular weight excluding hydrogens is 250 g/mol. The van der Waals surface area contributed by atoms with E-state index in [1.165, 1.54) is 7.11 Å². The summed E-state index contributed by atoms with van der Waals surface area (Å²) in [6, 6.07) is 0. The summed E-state index contributed by atoms with van der Waals surface area (Å²) in [5, 5.41) is 0. The summed E-state index contributed by atoms with van der Waals surface area (Å²) >= 11 is 4.84. The molecule has 106 valence electrons. The Balaban J connectivity index is 4.27. The van der Waals surface area contributed by atoms with Crippen molar-refractivity contribution in [3.05, 3.63) is 0 Å². The Labute approximate surface area is 115 Å². The summed E-state index contributed by atoms with van der Waals surface area (Å²) in [5.74, 6) is -0.0130. The number of carbonyl (C=O) groups is 1. The van der Waals surface area contributed by atoms with Crippen LogP contribution in [-0.2, 0) is 9.53 Å². The van der Waals surface area contributed by atoms with Gasteiger partial charge in [-0.25, -0.2) is 0 Å². The van der Waals surface area contributed by atoms with Crippen LogP contribution < -0.4 is 5.73 Å². The Morgan fingerprint density at radius 3 is 2.28 bits per heavy atom. The van der Waals surface area contributed by atoms with E-state index in [1.54, 1.807) is 4.90 Å². The van der Waals surface area contributed by atoms with E-state index in [1.807, 2.05) is 0 Å². The number of likely N-dealkylation sites (N-methyl/N-ethyl adjacent to an activating group) is 1. The van der Waals surface area contributed by atoms with Gasteiger partial charge in [-0.2, -0.15) is 0 Å². The van der Waals surface area contributed by atoms with Crippen LogP contribution in [-0.4, -0.2) is 67.1 Å². The van der Waals surface area contributed by atoms with Gasteiger partial charge in [0.05, 0.1) is 4.99 Å². The lowest BCUT2D eigenvalue weighted by molar-refractivity contribution is -0.135. The summed E-state index contributed by atoms with van der Waals surface area (Å²) in [6.45, 7) is 8.41. The Morgan fingerprint density at radius 1 is 1.22 bits per heavy atom. The molecule has 0 aromatic rings. The summed E-state index contributed by atoms with van der Waals surface area (Å²) < 4.78 is 4.88. The lowest BCUT2D eigenvalue weighted by Crippen LogP contribution is -2.41. The summed E-state index contributed by atoms with van der Waals surface area (Å²) in [7, 11) is 1.52. The van der Waals surface area contributed by atoms with Gasteiger partial charge in [0.2, 0.25) is 5.91 Å². The highest BCUT2D eigenvalue weighted by Gasteiger charge is 2.14. The minimum Gasteiger partial charge on any atom is -0.393 e. The van der Waals surface area contributed by atoms with Crippen molar-refractivity contribution in [1.82, 2.24) is 9.80 Å². The molecule has 0 aliphatic rings. The summed E-state index contributed by atoms with van der Waals surface area (Å²) in [5.41, 5.74) is 5.47. The van der Waals surface area contributed by atoms with Gasteiger partial charge in [0.1, 0.15) is 6.61 Å². The van der Waals surface area contributed by atoms with Crippen molar-refractivity contribution in [1.29, 1.82) is 0 Å². The van der Waals surface area contributed by atoms with Crippen molar-refractivity contribution in [2.24, 2.45) is 5.73 Å². The average Bonchev–Trinajstić information content (AvgIpc) is 2.33. The molecule has 0 aliphatic carbocycles. The number of carbonyl (C=O) groups excluding carboxylic acids is 1. The first-order valence-corrected chi connectivity index (χ1v) is 6.73. The highest BCUT2D eigenvalue weighted by molar-refractivity contribution is 7.80. The average molecular weight is 275 g/mol. The summed E-state index contributed by atoms with van der Waals surface area (Å²) in [4.78, 5) is 16.3. The van der Waals surface area contributed by atoms with Crippen molar-refractivity contribution in [2.75, 3.05) is 46.4 Å². The number of rotatable bonds is 10. The highest BCUT2D eigenvalue weighted by Crippen LogP contribution is 1.97. The predicted octanol–water partition coefficient (Wildman–Crippen LogP) is 0.479. The van der Waals surface area contributed by atoms with Crippen molar-refractivity contribution < 1.29 is 9.53 Å². The molecule has 2 N–H and O–H groups in total.